The van der Waals surface area contributed by atoms with Gasteiger partial charge in [-0.05, 0) is 32.1 Å². The number of ether oxygens (including phenoxy) is 1. The highest BCUT2D eigenvalue weighted by Crippen LogP contribution is 2.28. The smallest absolute Gasteiger partial charge is 0.309 e. The van der Waals surface area contributed by atoms with Gasteiger partial charge in [0.15, 0.2) is 0 Å². The summed E-state index contributed by atoms with van der Waals surface area (Å²) in [6.07, 6.45) is 8.84. The van der Waals surface area contributed by atoms with Crippen molar-refractivity contribution in [3.8, 4) is 0 Å². The van der Waals surface area contributed by atoms with E-state index in [9.17, 15) is 4.79 Å². The van der Waals surface area contributed by atoms with Crippen LogP contribution >= 0.6 is 0 Å². The van der Waals surface area contributed by atoms with E-state index in [2.05, 4.69) is 13.0 Å². The standard InChI is InChI=1S/C13H22O2/c1-3-5-11-6-8-12(9-7-11)10-13(14)15-4-2/h8,11H,3-7,9-10H2,1-2H3. The number of carbonyl (C=O) groups is 1. The van der Waals surface area contributed by atoms with Crippen LogP contribution in [-0.4, -0.2) is 12.6 Å². The van der Waals surface area contributed by atoms with Crippen molar-refractivity contribution >= 4 is 5.97 Å². The molecule has 1 atom stereocenters. The SMILES string of the molecule is CCCC1CC=C(CC(=O)OCC)CC1. The van der Waals surface area contributed by atoms with Crippen LogP contribution in [0.25, 0.3) is 0 Å². The number of hydrogen-bond donors (Lipinski definition) is 0. The van der Waals surface area contributed by atoms with Gasteiger partial charge in [-0.1, -0.05) is 31.4 Å². The molecule has 15 heavy (non-hydrogen) atoms. The molecule has 0 aromatic carbocycles. The summed E-state index contributed by atoms with van der Waals surface area (Å²) >= 11 is 0. The van der Waals surface area contributed by atoms with Gasteiger partial charge in [0.2, 0.25) is 0 Å². The summed E-state index contributed by atoms with van der Waals surface area (Å²) in [6, 6.07) is 0. The fraction of sp³-hybridized carbons (Fsp3) is 0.769. The van der Waals surface area contributed by atoms with Gasteiger partial charge in [-0.3, -0.25) is 4.79 Å². The molecule has 2 nitrogen and oxygen atoms in total. The van der Waals surface area contributed by atoms with Crippen LogP contribution in [0.2, 0.25) is 0 Å². The molecule has 0 aliphatic heterocycles. The van der Waals surface area contributed by atoms with Gasteiger partial charge in [0, 0.05) is 0 Å². The van der Waals surface area contributed by atoms with E-state index in [0.717, 1.165) is 18.8 Å². The molecule has 0 fully saturated rings. The van der Waals surface area contributed by atoms with Crippen molar-refractivity contribution < 1.29 is 9.53 Å². The number of rotatable bonds is 5. The zero-order chi connectivity index (χ0) is 11.1. The molecule has 0 heterocycles. The molecular formula is C13H22O2. The van der Waals surface area contributed by atoms with Crippen LogP contribution in [0.1, 0.15) is 52.4 Å². The van der Waals surface area contributed by atoms with Crippen LogP contribution in [0.15, 0.2) is 11.6 Å². The Bertz CT molecular complexity index is 231. The van der Waals surface area contributed by atoms with Gasteiger partial charge in [0.05, 0.1) is 13.0 Å². The molecule has 0 bridgehead atoms. The Hall–Kier alpha value is -0.790. The lowest BCUT2D eigenvalue weighted by Gasteiger charge is -2.20. The minimum atomic E-state index is -0.0716. The fourth-order valence-electron chi connectivity index (χ4n) is 2.17. The maximum atomic E-state index is 11.3. The van der Waals surface area contributed by atoms with Crippen molar-refractivity contribution in [2.24, 2.45) is 5.92 Å². The van der Waals surface area contributed by atoms with Gasteiger partial charge in [-0.15, -0.1) is 0 Å². The largest absolute Gasteiger partial charge is 0.466 e. The molecule has 1 rings (SSSR count). The highest BCUT2D eigenvalue weighted by molar-refractivity contribution is 5.72. The third-order valence-electron chi connectivity index (χ3n) is 2.99. The second-order valence-electron chi connectivity index (χ2n) is 4.27. The van der Waals surface area contributed by atoms with Gasteiger partial charge in [0.1, 0.15) is 0 Å². The average molecular weight is 210 g/mol. The van der Waals surface area contributed by atoms with Crippen LogP contribution in [0, 0.1) is 5.92 Å². The van der Waals surface area contributed by atoms with E-state index in [0.29, 0.717) is 13.0 Å². The molecule has 86 valence electrons. The molecule has 1 aliphatic carbocycles. The topological polar surface area (TPSA) is 26.3 Å². The molecule has 0 spiro atoms. The number of esters is 1. The summed E-state index contributed by atoms with van der Waals surface area (Å²) in [5.41, 5.74) is 1.28. The molecule has 1 aliphatic rings. The van der Waals surface area contributed by atoms with Crippen LogP contribution in [0.5, 0.6) is 0 Å². The lowest BCUT2D eigenvalue weighted by molar-refractivity contribution is -0.142. The van der Waals surface area contributed by atoms with Crippen LogP contribution in [-0.2, 0) is 9.53 Å². The van der Waals surface area contributed by atoms with Crippen molar-refractivity contribution in [2.75, 3.05) is 6.61 Å². The molecule has 0 N–H and O–H groups in total. The zero-order valence-corrected chi connectivity index (χ0v) is 9.92. The van der Waals surface area contributed by atoms with Crippen molar-refractivity contribution in [3.05, 3.63) is 11.6 Å². The van der Waals surface area contributed by atoms with Crippen LogP contribution in [0.3, 0.4) is 0 Å². The highest BCUT2D eigenvalue weighted by atomic mass is 16.5. The Labute approximate surface area is 92.7 Å². The van der Waals surface area contributed by atoms with Crippen molar-refractivity contribution in [1.29, 1.82) is 0 Å². The van der Waals surface area contributed by atoms with Gasteiger partial charge in [-0.25, -0.2) is 0 Å². The van der Waals surface area contributed by atoms with Gasteiger partial charge in [-0.2, -0.15) is 0 Å². The predicted octanol–water partition coefficient (Wildman–Crippen LogP) is 3.47. The third-order valence-corrected chi connectivity index (χ3v) is 2.99. The van der Waals surface area contributed by atoms with E-state index in [1.54, 1.807) is 0 Å². The summed E-state index contributed by atoms with van der Waals surface area (Å²) in [7, 11) is 0. The minimum Gasteiger partial charge on any atom is -0.466 e. The van der Waals surface area contributed by atoms with E-state index >= 15 is 0 Å². The van der Waals surface area contributed by atoms with Crippen molar-refractivity contribution in [1.82, 2.24) is 0 Å². The molecule has 0 aromatic rings. The second-order valence-corrected chi connectivity index (χ2v) is 4.27. The lowest BCUT2D eigenvalue weighted by Crippen LogP contribution is -2.10. The van der Waals surface area contributed by atoms with Crippen molar-refractivity contribution in [3.63, 3.8) is 0 Å². The molecular weight excluding hydrogens is 188 g/mol. The number of carbonyl (C=O) groups excluding carboxylic acids is 1. The zero-order valence-electron chi connectivity index (χ0n) is 9.92. The van der Waals surface area contributed by atoms with E-state index in [1.807, 2.05) is 6.92 Å². The second kappa shape index (κ2) is 6.65. The Morgan fingerprint density at radius 1 is 1.53 bits per heavy atom. The van der Waals surface area contributed by atoms with Crippen LogP contribution in [0.4, 0.5) is 0 Å². The molecule has 0 radical (unpaired) electrons. The summed E-state index contributed by atoms with van der Waals surface area (Å²) in [5.74, 6) is 0.777. The van der Waals surface area contributed by atoms with E-state index in [1.165, 1.54) is 24.8 Å². The minimum absolute atomic E-state index is 0.0716. The van der Waals surface area contributed by atoms with Crippen LogP contribution < -0.4 is 0 Å². The maximum absolute atomic E-state index is 11.3. The monoisotopic (exact) mass is 210 g/mol. The van der Waals surface area contributed by atoms with Gasteiger partial charge >= 0.3 is 5.97 Å². The molecule has 0 aromatic heterocycles. The highest BCUT2D eigenvalue weighted by Gasteiger charge is 2.15. The third kappa shape index (κ3) is 4.50. The summed E-state index contributed by atoms with van der Waals surface area (Å²) in [4.78, 5) is 11.3. The first-order chi connectivity index (χ1) is 7.26. The summed E-state index contributed by atoms with van der Waals surface area (Å²) in [5, 5.41) is 0. The normalized spacial score (nSPS) is 20.9. The Balaban J connectivity index is 2.30. The Kier molecular flexibility index (Phi) is 5.44. The first-order valence-corrected chi connectivity index (χ1v) is 6.09. The quantitative estimate of drug-likeness (QED) is 0.513. The predicted molar refractivity (Wildman–Crippen MR) is 61.6 cm³/mol. The van der Waals surface area contributed by atoms with E-state index in [4.69, 9.17) is 4.74 Å². The lowest BCUT2D eigenvalue weighted by atomic mass is 9.86. The number of allylic oxidation sites excluding steroid dienone is 1. The molecule has 1 unspecified atom stereocenters. The Morgan fingerprint density at radius 2 is 2.33 bits per heavy atom. The molecule has 0 amide bonds. The number of hydrogen-bond acceptors (Lipinski definition) is 2. The van der Waals surface area contributed by atoms with Crippen molar-refractivity contribution in [2.45, 2.75) is 52.4 Å². The fourth-order valence-corrected chi connectivity index (χ4v) is 2.17. The molecule has 0 saturated carbocycles. The average Bonchev–Trinajstić information content (AvgIpc) is 2.22. The van der Waals surface area contributed by atoms with Gasteiger partial charge in [0.25, 0.3) is 0 Å². The maximum Gasteiger partial charge on any atom is 0.309 e. The molecule has 0 saturated heterocycles. The molecule has 2 heteroatoms. The first kappa shape index (κ1) is 12.3. The summed E-state index contributed by atoms with van der Waals surface area (Å²) < 4.78 is 4.94. The first-order valence-electron chi connectivity index (χ1n) is 6.09. The van der Waals surface area contributed by atoms with Gasteiger partial charge < -0.3 is 4.74 Å². The Morgan fingerprint density at radius 3 is 2.87 bits per heavy atom. The summed E-state index contributed by atoms with van der Waals surface area (Å²) in [6.45, 7) is 4.58. The van der Waals surface area contributed by atoms with E-state index in [-0.39, 0.29) is 5.97 Å². The van der Waals surface area contributed by atoms with E-state index < -0.39 is 0 Å².